The standard InChI is InChI=1S/C36H30ClNO9/c1-21(39)27-14-13-26(37)17-28(27)29-18-34(41)38(19-32(29)44-3)30(15-23-7-5-4-6-8-23)31(40)16-24-9-11-25(12-10-24)35(42)45-20-33-22(2)46-36(43)47-33/h4-14,17-19,30H,15-16,20H2,1-3H3/t30-/m0/s1. The van der Waals surface area contributed by atoms with Crippen LogP contribution in [0.1, 0.15) is 56.3 Å². The summed E-state index contributed by atoms with van der Waals surface area (Å²) in [5, 5.41) is 0.383. The van der Waals surface area contributed by atoms with Crippen molar-refractivity contribution < 1.29 is 32.7 Å². The molecular weight excluding hydrogens is 626 g/mol. The first-order valence-electron chi connectivity index (χ1n) is 14.6. The van der Waals surface area contributed by atoms with Crippen molar-refractivity contribution in [3.05, 3.63) is 145 Å². The molecule has 3 aromatic carbocycles. The minimum Gasteiger partial charge on any atom is -0.495 e. The number of esters is 1. The van der Waals surface area contributed by atoms with Crippen LogP contribution in [-0.4, -0.2) is 29.2 Å². The molecule has 0 spiro atoms. The van der Waals surface area contributed by atoms with Gasteiger partial charge in [0.05, 0.1) is 24.9 Å². The fourth-order valence-electron chi connectivity index (χ4n) is 5.19. The topological polar surface area (TPSA) is 135 Å². The van der Waals surface area contributed by atoms with Crippen LogP contribution in [0.4, 0.5) is 0 Å². The molecule has 0 aliphatic rings. The molecule has 5 rings (SSSR count). The molecule has 0 saturated carbocycles. The number of aromatic nitrogens is 1. The molecule has 10 nitrogen and oxygen atoms in total. The summed E-state index contributed by atoms with van der Waals surface area (Å²) >= 11 is 6.25. The van der Waals surface area contributed by atoms with Crippen LogP contribution in [0.5, 0.6) is 5.75 Å². The molecule has 0 fully saturated rings. The molecule has 240 valence electrons. The maximum Gasteiger partial charge on any atom is 0.519 e. The number of hydrogen-bond acceptors (Lipinski definition) is 9. The van der Waals surface area contributed by atoms with Crippen molar-refractivity contribution in [3.8, 4) is 16.9 Å². The zero-order chi connectivity index (χ0) is 33.7. The van der Waals surface area contributed by atoms with Gasteiger partial charge in [0.1, 0.15) is 5.75 Å². The van der Waals surface area contributed by atoms with E-state index in [0.29, 0.717) is 27.3 Å². The first-order chi connectivity index (χ1) is 22.5. The van der Waals surface area contributed by atoms with Crippen LogP contribution in [0.3, 0.4) is 0 Å². The quantitative estimate of drug-likeness (QED) is 0.114. The average Bonchev–Trinajstić information content (AvgIpc) is 3.39. The van der Waals surface area contributed by atoms with E-state index in [1.54, 1.807) is 30.3 Å². The van der Waals surface area contributed by atoms with Crippen LogP contribution in [-0.2, 0) is 29.0 Å². The van der Waals surface area contributed by atoms with Crippen molar-refractivity contribution in [3.63, 3.8) is 0 Å². The van der Waals surface area contributed by atoms with E-state index in [0.717, 1.165) is 5.56 Å². The highest BCUT2D eigenvalue weighted by Gasteiger charge is 2.25. The lowest BCUT2D eigenvalue weighted by Crippen LogP contribution is -2.32. The van der Waals surface area contributed by atoms with E-state index in [1.165, 1.54) is 49.9 Å². The van der Waals surface area contributed by atoms with Crippen LogP contribution in [0.15, 0.2) is 103 Å². The Hall–Kier alpha value is -5.48. The van der Waals surface area contributed by atoms with Gasteiger partial charge in [0.25, 0.3) is 5.56 Å². The van der Waals surface area contributed by atoms with Gasteiger partial charge >= 0.3 is 11.8 Å². The van der Waals surface area contributed by atoms with Gasteiger partial charge < -0.3 is 22.9 Å². The Morgan fingerprint density at radius 2 is 1.62 bits per heavy atom. The number of hydrogen-bond donors (Lipinski definition) is 0. The number of pyridine rings is 1. The van der Waals surface area contributed by atoms with Gasteiger partial charge in [0.2, 0.25) is 0 Å². The third-order valence-corrected chi connectivity index (χ3v) is 7.87. The van der Waals surface area contributed by atoms with Crippen molar-refractivity contribution in [2.75, 3.05) is 7.11 Å². The van der Waals surface area contributed by atoms with E-state index >= 15 is 0 Å². The lowest BCUT2D eigenvalue weighted by Gasteiger charge is -2.22. The molecule has 2 heterocycles. The number of aryl methyl sites for hydroxylation is 1. The van der Waals surface area contributed by atoms with Crippen molar-refractivity contribution >= 4 is 29.1 Å². The molecule has 0 amide bonds. The third kappa shape index (κ3) is 7.67. The van der Waals surface area contributed by atoms with E-state index in [2.05, 4.69) is 0 Å². The molecular formula is C36H30ClNO9. The maximum absolute atomic E-state index is 13.9. The van der Waals surface area contributed by atoms with Crippen LogP contribution >= 0.6 is 11.6 Å². The van der Waals surface area contributed by atoms with Gasteiger partial charge in [-0.25, -0.2) is 9.59 Å². The van der Waals surface area contributed by atoms with Gasteiger partial charge in [-0.1, -0.05) is 54.1 Å². The highest BCUT2D eigenvalue weighted by atomic mass is 35.5. The fraction of sp³-hybridized carbons (Fsp3) is 0.194. The van der Waals surface area contributed by atoms with E-state index < -0.39 is 23.4 Å². The Kier molecular flexibility index (Phi) is 10.0. The summed E-state index contributed by atoms with van der Waals surface area (Å²) in [4.78, 5) is 63.8. The number of methoxy groups -OCH3 is 1. The number of halogens is 1. The zero-order valence-corrected chi connectivity index (χ0v) is 26.5. The van der Waals surface area contributed by atoms with Crippen molar-refractivity contribution in [1.82, 2.24) is 4.57 Å². The molecule has 0 N–H and O–H groups in total. The number of carbonyl (C=O) groups is 3. The molecule has 0 bridgehead atoms. The Bertz CT molecular complexity index is 2060. The molecule has 2 aromatic heterocycles. The largest absolute Gasteiger partial charge is 0.519 e. The van der Waals surface area contributed by atoms with Gasteiger partial charge in [-0.2, -0.15) is 0 Å². The SMILES string of the molecule is COc1cn([C@@H](Cc2ccccc2)C(=O)Cc2ccc(C(=O)OCc3oc(=O)oc3C)cc2)c(=O)cc1-c1cc(Cl)ccc1C(C)=O. The zero-order valence-electron chi connectivity index (χ0n) is 25.8. The summed E-state index contributed by atoms with van der Waals surface area (Å²) in [7, 11) is 1.44. The first-order valence-corrected chi connectivity index (χ1v) is 14.9. The molecule has 0 aliphatic carbocycles. The minimum atomic E-state index is -0.906. The van der Waals surface area contributed by atoms with Crippen LogP contribution in [0, 0.1) is 6.92 Å². The summed E-state index contributed by atoms with van der Waals surface area (Å²) in [5.74, 6) is -1.37. The lowest BCUT2D eigenvalue weighted by molar-refractivity contribution is -0.121. The predicted molar refractivity (Wildman–Crippen MR) is 173 cm³/mol. The Morgan fingerprint density at radius 3 is 2.26 bits per heavy atom. The molecule has 0 radical (unpaired) electrons. The van der Waals surface area contributed by atoms with Crippen LogP contribution < -0.4 is 16.1 Å². The number of carbonyl (C=O) groups excluding carboxylic acids is 3. The molecule has 0 unspecified atom stereocenters. The second-order valence-corrected chi connectivity index (χ2v) is 11.2. The van der Waals surface area contributed by atoms with Gasteiger partial charge in [-0.3, -0.25) is 14.4 Å². The van der Waals surface area contributed by atoms with Gasteiger partial charge in [-0.05, 0) is 60.9 Å². The number of ether oxygens (including phenoxy) is 2. The van der Waals surface area contributed by atoms with Crippen LogP contribution in [0.25, 0.3) is 11.1 Å². The molecule has 1 atom stereocenters. The van der Waals surface area contributed by atoms with Crippen molar-refractivity contribution in [2.24, 2.45) is 0 Å². The number of rotatable bonds is 12. The Labute approximate surface area is 274 Å². The molecule has 47 heavy (non-hydrogen) atoms. The maximum atomic E-state index is 13.9. The van der Waals surface area contributed by atoms with Gasteiger partial charge in [-0.15, -0.1) is 0 Å². The van der Waals surface area contributed by atoms with E-state index in [1.807, 2.05) is 30.3 Å². The van der Waals surface area contributed by atoms with E-state index in [-0.39, 0.29) is 53.8 Å². The number of ketones is 2. The first kappa shape index (κ1) is 32.9. The Balaban J connectivity index is 1.42. The predicted octanol–water partition coefficient (Wildman–Crippen LogP) is 6.19. The third-order valence-electron chi connectivity index (χ3n) is 7.63. The number of benzene rings is 3. The monoisotopic (exact) mass is 655 g/mol. The minimum absolute atomic E-state index is 0.0362. The van der Waals surface area contributed by atoms with E-state index in [9.17, 15) is 24.0 Å². The second-order valence-electron chi connectivity index (χ2n) is 10.8. The van der Waals surface area contributed by atoms with Crippen molar-refractivity contribution in [2.45, 2.75) is 39.3 Å². The Morgan fingerprint density at radius 1 is 0.894 bits per heavy atom. The molecule has 5 aromatic rings. The normalized spacial score (nSPS) is 11.6. The fourth-order valence-corrected chi connectivity index (χ4v) is 5.37. The number of nitrogens with zero attached hydrogens (tertiary/aromatic N) is 1. The molecule has 11 heteroatoms. The van der Waals surface area contributed by atoms with E-state index in [4.69, 9.17) is 29.9 Å². The molecule has 0 saturated heterocycles. The summed E-state index contributed by atoms with van der Waals surface area (Å²) in [6.07, 6.45) is 1.67. The van der Waals surface area contributed by atoms with Crippen molar-refractivity contribution in [1.29, 1.82) is 0 Å². The van der Waals surface area contributed by atoms with Crippen LogP contribution in [0.2, 0.25) is 5.02 Å². The highest BCUT2D eigenvalue weighted by molar-refractivity contribution is 6.31. The van der Waals surface area contributed by atoms with Gasteiger partial charge in [0, 0.05) is 35.1 Å². The average molecular weight is 656 g/mol. The highest BCUT2D eigenvalue weighted by Crippen LogP contribution is 2.34. The summed E-state index contributed by atoms with van der Waals surface area (Å²) in [6.45, 7) is 2.67. The summed E-state index contributed by atoms with van der Waals surface area (Å²) < 4.78 is 21.8. The molecule has 0 aliphatic heterocycles. The summed E-state index contributed by atoms with van der Waals surface area (Å²) in [6, 6.07) is 20.9. The second kappa shape index (κ2) is 14.3. The lowest BCUT2D eigenvalue weighted by atomic mass is 9.95. The summed E-state index contributed by atoms with van der Waals surface area (Å²) in [5.41, 5.74) is 2.41. The smallest absolute Gasteiger partial charge is 0.495 e. The van der Waals surface area contributed by atoms with Gasteiger partial charge in [0.15, 0.2) is 29.7 Å². The number of Topliss-reactive ketones (excluding diaryl/α,β-unsaturated/α-hetero) is 2.